The van der Waals surface area contributed by atoms with Gasteiger partial charge in [-0.05, 0) is 38.3 Å². The maximum atomic E-state index is 11.5. The van der Waals surface area contributed by atoms with Crippen LogP contribution < -0.4 is 5.32 Å². The molecule has 0 saturated heterocycles. The first kappa shape index (κ1) is 14.5. The van der Waals surface area contributed by atoms with E-state index in [0.717, 1.165) is 19.4 Å². The molecule has 0 aromatic rings. The molecular formula is C13H26N2O2. The molecule has 0 spiro atoms. The molecule has 17 heavy (non-hydrogen) atoms. The van der Waals surface area contributed by atoms with E-state index < -0.39 is 11.5 Å². The quantitative estimate of drug-likeness (QED) is 0.739. The Kier molecular flexibility index (Phi) is 4.20. The average molecular weight is 242 g/mol. The summed E-state index contributed by atoms with van der Waals surface area (Å²) < 4.78 is 0. The Morgan fingerprint density at radius 3 is 2.18 bits per heavy atom. The second kappa shape index (κ2) is 4.94. The summed E-state index contributed by atoms with van der Waals surface area (Å²) in [6, 6.07) is 0. The van der Waals surface area contributed by atoms with Crippen molar-refractivity contribution in [1.29, 1.82) is 0 Å². The number of hydrogen-bond acceptors (Lipinski definition) is 3. The number of carbonyl (C=O) groups is 1. The van der Waals surface area contributed by atoms with Gasteiger partial charge in [-0.15, -0.1) is 0 Å². The van der Waals surface area contributed by atoms with Crippen LogP contribution in [0.15, 0.2) is 0 Å². The molecule has 1 aliphatic rings. The Bertz CT molecular complexity index is 282. The third-order valence-corrected chi connectivity index (χ3v) is 3.37. The van der Waals surface area contributed by atoms with Gasteiger partial charge in [-0.25, -0.2) is 0 Å². The summed E-state index contributed by atoms with van der Waals surface area (Å²) in [5.74, 6) is -0.435. The molecule has 100 valence electrons. The molecule has 0 aromatic carbocycles. The number of nitrogens with one attached hydrogen (secondary N) is 1. The number of rotatable bonds is 6. The van der Waals surface area contributed by atoms with Crippen molar-refractivity contribution in [2.24, 2.45) is 11.3 Å². The van der Waals surface area contributed by atoms with Gasteiger partial charge in [0, 0.05) is 13.1 Å². The Morgan fingerprint density at radius 2 is 1.88 bits per heavy atom. The highest BCUT2D eigenvalue weighted by Crippen LogP contribution is 2.40. The van der Waals surface area contributed by atoms with Crippen LogP contribution in [-0.2, 0) is 4.79 Å². The minimum Gasteiger partial charge on any atom is -0.480 e. The normalized spacial score (nSPS) is 20.4. The van der Waals surface area contributed by atoms with Gasteiger partial charge in [0.2, 0.25) is 0 Å². The molecule has 1 rings (SSSR count). The van der Waals surface area contributed by atoms with Crippen LogP contribution in [0.4, 0.5) is 0 Å². The van der Waals surface area contributed by atoms with Gasteiger partial charge in [0.25, 0.3) is 0 Å². The zero-order chi connectivity index (χ0) is 13.3. The Hall–Kier alpha value is -0.610. The van der Waals surface area contributed by atoms with Crippen LogP contribution in [0.1, 0.15) is 33.6 Å². The highest BCUT2D eigenvalue weighted by atomic mass is 16.4. The second-order valence-electron chi connectivity index (χ2n) is 6.53. The molecule has 0 heterocycles. The van der Waals surface area contributed by atoms with E-state index >= 15 is 0 Å². The van der Waals surface area contributed by atoms with Crippen LogP contribution >= 0.6 is 0 Å². The number of hydrogen-bond donors (Lipinski definition) is 2. The lowest BCUT2D eigenvalue weighted by molar-refractivity contribution is -0.146. The van der Waals surface area contributed by atoms with Crippen LogP contribution in [0, 0.1) is 11.3 Å². The number of carboxylic acid groups (broad SMARTS) is 1. The first-order chi connectivity index (χ1) is 7.71. The highest BCUT2D eigenvalue weighted by molar-refractivity contribution is 5.80. The topological polar surface area (TPSA) is 52.6 Å². The van der Waals surface area contributed by atoms with Crippen molar-refractivity contribution in [2.75, 3.05) is 27.2 Å². The van der Waals surface area contributed by atoms with Gasteiger partial charge < -0.3 is 15.3 Å². The fraction of sp³-hybridized carbons (Fsp3) is 0.923. The molecule has 0 bridgehead atoms. The van der Waals surface area contributed by atoms with E-state index in [0.29, 0.717) is 6.54 Å². The van der Waals surface area contributed by atoms with Crippen LogP contribution in [0.25, 0.3) is 0 Å². The zero-order valence-electron chi connectivity index (χ0n) is 11.7. The zero-order valence-corrected chi connectivity index (χ0v) is 11.7. The predicted molar refractivity (Wildman–Crippen MR) is 69.1 cm³/mol. The van der Waals surface area contributed by atoms with Gasteiger partial charge in [0.1, 0.15) is 5.54 Å². The van der Waals surface area contributed by atoms with Crippen molar-refractivity contribution in [3.63, 3.8) is 0 Å². The molecule has 0 aliphatic heterocycles. The van der Waals surface area contributed by atoms with Crippen molar-refractivity contribution in [3.8, 4) is 0 Å². The summed E-state index contributed by atoms with van der Waals surface area (Å²) in [6.07, 6.45) is 2.05. The van der Waals surface area contributed by atoms with Crippen molar-refractivity contribution in [2.45, 2.75) is 39.2 Å². The van der Waals surface area contributed by atoms with Crippen molar-refractivity contribution in [1.82, 2.24) is 10.2 Å². The van der Waals surface area contributed by atoms with E-state index in [4.69, 9.17) is 0 Å². The number of carboxylic acids is 1. The predicted octanol–water partition coefficient (Wildman–Crippen LogP) is 1.42. The lowest BCUT2D eigenvalue weighted by Crippen LogP contribution is -2.59. The second-order valence-corrected chi connectivity index (χ2v) is 6.53. The van der Waals surface area contributed by atoms with Gasteiger partial charge in [-0.1, -0.05) is 20.8 Å². The Labute approximate surface area is 104 Å². The molecule has 0 amide bonds. The van der Waals surface area contributed by atoms with Gasteiger partial charge in [0.05, 0.1) is 0 Å². The largest absolute Gasteiger partial charge is 0.480 e. The fourth-order valence-electron chi connectivity index (χ4n) is 2.63. The van der Waals surface area contributed by atoms with Crippen LogP contribution in [0.5, 0.6) is 0 Å². The fourth-order valence-corrected chi connectivity index (χ4v) is 2.63. The molecule has 2 N–H and O–H groups in total. The third-order valence-electron chi connectivity index (χ3n) is 3.37. The first-order valence-electron chi connectivity index (χ1n) is 6.32. The molecule has 1 unspecified atom stereocenters. The molecule has 4 nitrogen and oxygen atoms in total. The van der Waals surface area contributed by atoms with Gasteiger partial charge >= 0.3 is 5.97 Å². The average Bonchev–Trinajstić information content (AvgIpc) is 2.93. The van der Waals surface area contributed by atoms with E-state index in [1.807, 2.05) is 7.05 Å². The molecule has 1 fully saturated rings. The molecule has 0 radical (unpaired) electrons. The number of aliphatic carboxylic acids is 1. The summed E-state index contributed by atoms with van der Waals surface area (Å²) in [5.41, 5.74) is -0.573. The molecule has 1 aliphatic carbocycles. The van der Waals surface area contributed by atoms with E-state index in [9.17, 15) is 9.90 Å². The number of nitrogens with zero attached hydrogens (tertiary/aromatic N) is 1. The van der Waals surface area contributed by atoms with Crippen molar-refractivity contribution in [3.05, 3.63) is 0 Å². The third kappa shape index (κ3) is 3.68. The van der Waals surface area contributed by atoms with Crippen LogP contribution in [0.2, 0.25) is 0 Å². The van der Waals surface area contributed by atoms with Crippen LogP contribution in [-0.4, -0.2) is 48.7 Å². The van der Waals surface area contributed by atoms with Gasteiger partial charge in [0.15, 0.2) is 0 Å². The summed E-state index contributed by atoms with van der Waals surface area (Å²) >= 11 is 0. The molecule has 0 aromatic heterocycles. The van der Waals surface area contributed by atoms with Crippen molar-refractivity contribution >= 4 is 5.97 Å². The molecule has 4 heteroatoms. The lowest BCUT2D eigenvalue weighted by Gasteiger charge is -2.36. The first-order valence-corrected chi connectivity index (χ1v) is 6.32. The van der Waals surface area contributed by atoms with Gasteiger partial charge in [-0.2, -0.15) is 0 Å². The van der Waals surface area contributed by atoms with Gasteiger partial charge in [-0.3, -0.25) is 4.79 Å². The standard InChI is InChI=1S/C13H26N2O2/c1-12(2,3)8-15(5)9-13(14-4,11(16)17)10-6-7-10/h10,14H,6-9H2,1-5H3,(H,16,17). The summed E-state index contributed by atoms with van der Waals surface area (Å²) in [4.78, 5) is 13.7. The maximum Gasteiger partial charge on any atom is 0.325 e. The maximum absolute atomic E-state index is 11.5. The summed E-state index contributed by atoms with van der Waals surface area (Å²) in [6.45, 7) is 7.98. The monoisotopic (exact) mass is 242 g/mol. The van der Waals surface area contributed by atoms with Crippen LogP contribution in [0.3, 0.4) is 0 Å². The van der Waals surface area contributed by atoms with E-state index in [-0.39, 0.29) is 11.3 Å². The van der Waals surface area contributed by atoms with E-state index in [2.05, 4.69) is 31.0 Å². The molecule has 1 saturated carbocycles. The van der Waals surface area contributed by atoms with Crippen molar-refractivity contribution < 1.29 is 9.90 Å². The summed E-state index contributed by atoms with van der Waals surface area (Å²) in [7, 11) is 3.76. The smallest absolute Gasteiger partial charge is 0.325 e. The lowest BCUT2D eigenvalue weighted by atomic mass is 9.90. The SMILES string of the molecule is CNC(CN(C)CC(C)(C)C)(C(=O)O)C1CC1. The van der Waals surface area contributed by atoms with E-state index in [1.54, 1.807) is 7.05 Å². The summed E-state index contributed by atoms with van der Waals surface area (Å²) in [5, 5.41) is 12.5. The molecule has 1 atom stereocenters. The van der Waals surface area contributed by atoms with E-state index in [1.165, 1.54) is 0 Å². The minimum atomic E-state index is -0.764. The Balaban J connectivity index is 2.69. The number of likely N-dealkylation sites (N-methyl/N-ethyl adjacent to an activating group) is 2. The highest BCUT2D eigenvalue weighted by Gasteiger charge is 2.50. The molecular weight excluding hydrogens is 216 g/mol. The Morgan fingerprint density at radius 1 is 1.35 bits per heavy atom. The minimum absolute atomic E-state index is 0.191.